The van der Waals surface area contributed by atoms with Gasteiger partial charge in [-0.3, -0.25) is 9.13 Å². The van der Waals surface area contributed by atoms with Crippen LogP contribution in [0.3, 0.4) is 0 Å². The smallest absolute Gasteiger partial charge is 0.177 e. The minimum atomic E-state index is -0.709. The maximum Gasteiger partial charge on any atom is 0.177 e. The average Bonchev–Trinajstić information content (AvgIpc) is 3.51. The lowest BCUT2D eigenvalue weighted by molar-refractivity contribution is 0.569. The van der Waals surface area contributed by atoms with Crippen LogP contribution in [0.1, 0.15) is 0 Å². The second-order valence-electron chi connectivity index (χ2n) is 9.87. The van der Waals surface area contributed by atoms with Gasteiger partial charge in [-0.1, -0.05) is 103 Å². The normalized spacial score (nSPS) is 11.8. The molecule has 0 amide bonds. The predicted molar refractivity (Wildman–Crippen MR) is 158 cm³/mol. The van der Waals surface area contributed by atoms with Gasteiger partial charge < -0.3 is 0 Å². The van der Waals surface area contributed by atoms with Crippen molar-refractivity contribution in [2.75, 3.05) is 0 Å². The number of nitrogens with zero attached hydrogens (tertiary/aromatic N) is 3. The summed E-state index contributed by atoms with van der Waals surface area (Å²) in [6.07, 6.45) is 0. The van der Waals surface area contributed by atoms with Crippen molar-refractivity contribution in [1.82, 2.24) is 14.1 Å². The highest BCUT2D eigenvalue weighted by atomic mass is 19.1. The summed E-state index contributed by atoms with van der Waals surface area (Å²) in [5, 5.41) is 3.90. The molecule has 0 unspecified atom stereocenters. The van der Waals surface area contributed by atoms with Gasteiger partial charge in [0.2, 0.25) is 0 Å². The molecule has 0 aliphatic carbocycles. The Labute approximate surface area is 228 Å². The van der Waals surface area contributed by atoms with Crippen molar-refractivity contribution in [3.05, 3.63) is 139 Å². The Morgan fingerprint density at radius 1 is 0.400 bits per heavy atom. The van der Waals surface area contributed by atoms with Crippen molar-refractivity contribution in [2.24, 2.45) is 0 Å². The van der Waals surface area contributed by atoms with Crippen molar-refractivity contribution in [1.29, 1.82) is 0 Å². The molecule has 0 saturated heterocycles. The lowest BCUT2D eigenvalue weighted by Crippen LogP contribution is -2.11. The summed E-state index contributed by atoms with van der Waals surface area (Å²) in [5.41, 5.74) is 3.54. The SMILES string of the molecule is Fc1c(-n2c3ccccc3c3ccccc32)nc(-n2c3ccccc3c3ccccc32)c(F)c1-c1ccccc1. The number of pyridine rings is 1. The number of fused-ring (bicyclic) bond motifs is 6. The molecule has 190 valence electrons. The van der Waals surface area contributed by atoms with Crippen molar-refractivity contribution >= 4 is 43.6 Å². The standard InChI is InChI=1S/C35H21F2N3/c36-32-31(22-12-2-1-3-13-22)33(37)35(40-29-20-10-6-16-25(29)26-17-7-11-21-30(26)40)38-34(32)39-27-18-8-4-14-23(27)24-15-5-9-19-28(24)39/h1-21H. The summed E-state index contributed by atoms with van der Waals surface area (Å²) in [6, 6.07) is 40.3. The molecule has 8 rings (SSSR count). The van der Waals surface area contributed by atoms with Crippen LogP contribution in [-0.2, 0) is 0 Å². The van der Waals surface area contributed by atoms with Gasteiger partial charge in [0.05, 0.1) is 27.6 Å². The number of rotatable bonds is 3. The molecule has 0 fully saturated rings. The quantitative estimate of drug-likeness (QED) is 0.227. The molecule has 3 nitrogen and oxygen atoms in total. The highest BCUT2D eigenvalue weighted by Crippen LogP contribution is 2.39. The van der Waals surface area contributed by atoms with E-state index in [1.54, 1.807) is 24.3 Å². The number of aromatic nitrogens is 3. The third-order valence-corrected chi connectivity index (χ3v) is 7.69. The van der Waals surface area contributed by atoms with Crippen LogP contribution in [0.25, 0.3) is 66.4 Å². The van der Waals surface area contributed by atoms with Crippen LogP contribution in [0.15, 0.2) is 127 Å². The van der Waals surface area contributed by atoms with Crippen LogP contribution >= 0.6 is 0 Å². The summed E-state index contributed by atoms with van der Waals surface area (Å²) < 4.78 is 37.1. The summed E-state index contributed by atoms with van der Waals surface area (Å²) in [6.45, 7) is 0. The molecule has 0 aliphatic heterocycles. The van der Waals surface area contributed by atoms with E-state index in [0.717, 1.165) is 43.6 Å². The molecule has 8 aromatic rings. The van der Waals surface area contributed by atoms with E-state index >= 15 is 8.78 Å². The maximum atomic E-state index is 16.8. The first-order valence-corrected chi connectivity index (χ1v) is 13.1. The molecule has 0 aliphatic rings. The fraction of sp³-hybridized carbons (Fsp3) is 0. The van der Waals surface area contributed by atoms with Gasteiger partial charge in [-0.2, -0.15) is 0 Å². The van der Waals surface area contributed by atoms with Crippen LogP contribution in [-0.4, -0.2) is 14.1 Å². The van der Waals surface area contributed by atoms with Crippen LogP contribution in [0.4, 0.5) is 8.78 Å². The molecular formula is C35H21F2N3. The van der Waals surface area contributed by atoms with Crippen LogP contribution in [0.5, 0.6) is 0 Å². The van der Waals surface area contributed by atoms with Gasteiger partial charge in [0.25, 0.3) is 0 Å². The largest absolute Gasteiger partial charge is 0.291 e. The van der Waals surface area contributed by atoms with Gasteiger partial charge in [-0.25, -0.2) is 13.8 Å². The Hall–Kier alpha value is -5.29. The Bertz CT molecular complexity index is 2000. The zero-order valence-corrected chi connectivity index (χ0v) is 21.2. The minimum Gasteiger partial charge on any atom is -0.291 e. The Morgan fingerprint density at radius 2 is 0.725 bits per heavy atom. The Morgan fingerprint density at radius 3 is 1.10 bits per heavy atom. The molecule has 0 saturated carbocycles. The first kappa shape index (κ1) is 22.7. The third kappa shape index (κ3) is 3.12. The van der Waals surface area contributed by atoms with Crippen molar-refractivity contribution < 1.29 is 8.78 Å². The lowest BCUT2D eigenvalue weighted by Gasteiger charge is -2.17. The molecule has 0 radical (unpaired) electrons. The van der Waals surface area contributed by atoms with Gasteiger partial charge in [0.1, 0.15) is 0 Å². The van der Waals surface area contributed by atoms with Crippen molar-refractivity contribution in [3.63, 3.8) is 0 Å². The number of hydrogen-bond donors (Lipinski definition) is 0. The second-order valence-corrected chi connectivity index (χ2v) is 9.87. The topological polar surface area (TPSA) is 22.8 Å². The maximum absolute atomic E-state index is 16.8. The highest BCUT2D eigenvalue weighted by molar-refractivity contribution is 6.10. The van der Waals surface area contributed by atoms with E-state index in [1.807, 2.05) is 112 Å². The fourth-order valence-electron chi connectivity index (χ4n) is 5.97. The molecule has 0 atom stereocenters. The van der Waals surface area contributed by atoms with Gasteiger partial charge in [0, 0.05) is 21.5 Å². The first-order valence-electron chi connectivity index (χ1n) is 13.1. The molecule has 5 heteroatoms. The zero-order valence-electron chi connectivity index (χ0n) is 21.2. The fourth-order valence-corrected chi connectivity index (χ4v) is 5.97. The van der Waals surface area contributed by atoms with Crippen LogP contribution in [0.2, 0.25) is 0 Å². The number of benzene rings is 5. The van der Waals surface area contributed by atoms with E-state index in [4.69, 9.17) is 4.98 Å². The number of halogens is 2. The molecule has 40 heavy (non-hydrogen) atoms. The summed E-state index contributed by atoms with van der Waals surface area (Å²) in [7, 11) is 0. The lowest BCUT2D eigenvalue weighted by atomic mass is 10.0. The number of hydrogen-bond acceptors (Lipinski definition) is 1. The summed E-state index contributed by atoms with van der Waals surface area (Å²) in [4.78, 5) is 4.82. The molecule has 0 N–H and O–H groups in total. The third-order valence-electron chi connectivity index (χ3n) is 7.69. The first-order chi connectivity index (χ1) is 19.7. The van der Waals surface area contributed by atoms with Crippen LogP contribution in [0, 0.1) is 11.6 Å². The molecule has 0 bridgehead atoms. The van der Waals surface area contributed by atoms with Gasteiger partial charge in [-0.05, 0) is 29.8 Å². The summed E-state index contributed by atoms with van der Waals surface area (Å²) >= 11 is 0. The van der Waals surface area contributed by atoms with E-state index < -0.39 is 11.6 Å². The molecule has 3 aromatic heterocycles. The highest BCUT2D eigenvalue weighted by Gasteiger charge is 2.27. The summed E-state index contributed by atoms with van der Waals surface area (Å²) in [5.74, 6) is -1.32. The van der Waals surface area contributed by atoms with Gasteiger partial charge >= 0.3 is 0 Å². The van der Waals surface area contributed by atoms with Gasteiger partial charge in [-0.15, -0.1) is 0 Å². The molecule has 3 heterocycles. The Kier molecular flexibility index (Phi) is 4.88. The van der Waals surface area contributed by atoms with Crippen LogP contribution < -0.4 is 0 Å². The monoisotopic (exact) mass is 521 g/mol. The average molecular weight is 522 g/mol. The van der Waals surface area contributed by atoms with E-state index in [-0.39, 0.29) is 17.2 Å². The van der Waals surface area contributed by atoms with Crippen molar-refractivity contribution in [3.8, 4) is 22.8 Å². The van der Waals surface area contributed by atoms with Crippen molar-refractivity contribution in [2.45, 2.75) is 0 Å². The Balaban J connectivity index is 1.57. The van der Waals surface area contributed by atoms with Gasteiger partial charge in [0.15, 0.2) is 23.3 Å². The van der Waals surface area contributed by atoms with E-state index in [0.29, 0.717) is 5.56 Å². The zero-order chi connectivity index (χ0) is 26.8. The number of para-hydroxylation sites is 4. The van der Waals surface area contributed by atoms with E-state index in [1.165, 1.54) is 0 Å². The van der Waals surface area contributed by atoms with E-state index in [2.05, 4.69) is 0 Å². The molecular weight excluding hydrogens is 500 g/mol. The molecule has 0 spiro atoms. The minimum absolute atomic E-state index is 0.0505. The van der Waals surface area contributed by atoms with E-state index in [9.17, 15) is 0 Å². The second kappa shape index (κ2) is 8.61. The molecule has 5 aromatic carbocycles. The predicted octanol–water partition coefficient (Wildman–Crippen LogP) is 9.22.